The molecule has 0 aliphatic rings. The summed E-state index contributed by atoms with van der Waals surface area (Å²) in [6, 6.07) is 12.1. The average molecular weight is 343 g/mol. The standard InChI is InChI=1S/C17H21N5OS/c1-2-18-17(19-10-13-7-8-21-22-13)20-11-14(23)16-9-12-5-3-4-6-15(12)24-16/h3-9,14,23H,2,10-11H2,1H3,(H,21,22)(H2,18,19,20). The first kappa shape index (κ1) is 16.5. The molecule has 1 unspecified atom stereocenters. The number of nitrogens with zero attached hydrogens (tertiary/aromatic N) is 2. The summed E-state index contributed by atoms with van der Waals surface area (Å²) in [5.41, 5.74) is 0.942. The van der Waals surface area contributed by atoms with Gasteiger partial charge in [0.05, 0.1) is 12.2 Å². The van der Waals surface area contributed by atoms with E-state index in [4.69, 9.17) is 0 Å². The van der Waals surface area contributed by atoms with Crippen LogP contribution in [-0.4, -0.2) is 34.4 Å². The predicted octanol–water partition coefficient (Wildman–Crippen LogP) is 2.41. The molecule has 0 bridgehead atoms. The molecule has 3 aromatic rings. The second kappa shape index (κ2) is 7.94. The third-order valence-corrected chi connectivity index (χ3v) is 4.76. The molecule has 2 aromatic heterocycles. The lowest BCUT2D eigenvalue weighted by Crippen LogP contribution is -2.39. The molecule has 1 aromatic carbocycles. The van der Waals surface area contributed by atoms with Crippen molar-refractivity contribution in [2.45, 2.75) is 19.6 Å². The molecule has 7 heteroatoms. The maximum atomic E-state index is 10.4. The molecule has 0 saturated carbocycles. The van der Waals surface area contributed by atoms with Gasteiger partial charge in [0.2, 0.25) is 0 Å². The van der Waals surface area contributed by atoms with Crippen LogP contribution in [0, 0.1) is 0 Å². The Morgan fingerprint density at radius 1 is 1.33 bits per heavy atom. The average Bonchev–Trinajstić information content (AvgIpc) is 3.26. The van der Waals surface area contributed by atoms with E-state index < -0.39 is 6.10 Å². The number of guanidine groups is 1. The molecule has 0 fully saturated rings. The van der Waals surface area contributed by atoms with Crippen molar-refractivity contribution in [3.8, 4) is 0 Å². The largest absolute Gasteiger partial charge is 0.386 e. The van der Waals surface area contributed by atoms with Crippen LogP contribution >= 0.6 is 11.3 Å². The van der Waals surface area contributed by atoms with Crippen LogP contribution in [-0.2, 0) is 6.54 Å². The van der Waals surface area contributed by atoms with Crippen molar-refractivity contribution in [1.82, 2.24) is 20.8 Å². The van der Waals surface area contributed by atoms with E-state index in [0.29, 0.717) is 19.0 Å². The molecular formula is C17H21N5OS. The Hall–Kier alpha value is -2.38. The van der Waals surface area contributed by atoms with Crippen molar-refractivity contribution in [3.05, 3.63) is 53.2 Å². The highest BCUT2D eigenvalue weighted by Crippen LogP contribution is 2.29. The summed E-state index contributed by atoms with van der Waals surface area (Å²) in [6.07, 6.45) is 1.13. The third kappa shape index (κ3) is 4.12. The normalized spacial score (nSPS) is 13.2. The number of aliphatic hydroxyl groups is 1. The summed E-state index contributed by atoms with van der Waals surface area (Å²) in [4.78, 5) is 5.43. The molecule has 4 N–H and O–H groups in total. The first-order valence-corrected chi connectivity index (χ1v) is 8.75. The molecule has 6 nitrogen and oxygen atoms in total. The van der Waals surface area contributed by atoms with Gasteiger partial charge in [-0.25, -0.2) is 4.99 Å². The number of hydrogen-bond donors (Lipinski definition) is 4. The molecule has 0 radical (unpaired) electrons. The van der Waals surface area contributed by atoms with E-state index in [1.165, 1.54) is 4.70 Å². The number of rotatable bonds is 6. The topological polar surface area (TPSA) is 85.3 Å². The Labute approximate surface area is 144 Å². The van der Waals surface area contributed by atoms with E-state index >= 15 is 0 Å². The number of aliphatic imine (C=N–C) groups is 1. The molecule has 2 heterocycles. The van der Waals surface area contributed by atoms with Crippen LogP contribution in [0.3, 0.4) is 0 Å². The zero-order chi connectivity index (χ0) is 16.8. The predicted molar refractivity (Wildman–Crippen MR) is 98.2 cm³/mol. The maximum absolute atomic E-state index is 10.4. The van der Waals surface area contributed by atoms with E-state index in [1.54, 1.807) is 17.5 Å². The van der Waals surface area contributed by atoms with Crippen molar-refractivity contribution in [2.75, 3.05) is 13.1 Å². The first-order chi connectivity index (χ1) is 11.8. The SMILES string of the molecule is CCNC(=NCc1ccn[nH]1)NCC(O)c1cc2ccccc2s1. The minimum Gasteiger partial charge on any atom is -0.386 e. The summed E-state index contributed by atoms with van der Waals surface area (Å²) in [5.74, 6) is 0.673. The van der Waals surface area contributed by atoms with Crippen LogP contribution in [0.4, 0.5) is 0 Å². The van der Waals surface area contributed by atoms with Crippen molar-refractivity contribution in [1.29, 1.82) is 0 Å². The van der Waals surface area contributed by atoms with Gasteiger partial charge in [-0.15, -0.1) is 11.3 Å². The second-order valence-electron chi connectivity index (χ2n) is 5.36. The fourth-order valence-electron chi connectivity index (χ4n) is 2.34. The lowest BCUT2D eigenvalue weighted by molar-refractivity contribution is 0.184. The Morgan fingerprint density at radius 2 is 2.21 bits per heavy atom. The molecule has 0 aliphatic heterocycles. The number of aromatic nitrogens is 2. The molecule has 3 rings (SSSR count). The van der Waals surface area contributed by atoms with Gasteiger partial charge in [-0.1, -0.05) is 18.2 Å². The number of hydrogen-bond acceptors (Lipinski definition) is 4. The van der Waals surface area contributed by atoms with Gasteiger partial charge in [0.15, 0.2) is 5.96 Å². The summed E-state index contributed by atoms with van der Waals surface area (Å²) in [7, 11) is 0. The number of H-pyrrole nitrogens is 1. The minimum atomic E-state index is -0.571. The van der Waals surface area contributed by atoms with Gasteiger partial charge in [0, 0.05) is 28.9 Å². The molecule has 0 spiro atoms. The van der Waals surface area contributed by atoms with Crippen LogP contribution in [0.15, 0.2) is 47.6 Å². The molecule has 24 heavy (non-hydrogen) atoms. The van der Waals surface area contributed by atoms with Gasteiger partial charge >= 0.3 is 0 Å². The molecule has 0 saturated heterocycles. The van der Waals surface area contributed by atoms with Gasteiger partial charge in [0.25, 0.3) is 0 Å². The highest BCUT2D eigenvalue weighted by Gasteiger charge is 2.12. The molecule has 126 valence electrons. The smallest absolute Gasteiger partial charge is 0.191 e. The monoisotopic (exact) mass is 343 g/mol. The molecular weight excluding hydrogens is 322 g/mol. The van der Waals surface area contributed by atoms with Crippen molar-refractivity contribution in [3.63, 3.8) is 0 Å². The summed E-state index contributed by atoms with van der Waals surface area (Å²) < 4.78 is 1.19. The van der Waals surface area contributed by atoms with Crippen LogP contribution < -0.4 is 10.6 Å². The van der Waals surface area contributed by atoms with Crippen LogP contribution in [0.2, 0.25) is 0 Å². The number of nitrogens with one attached hydrogen (secondary N) is 3. The highest BCUT2D eigenvalue weighted by molar-refractivity contribution is 7.19. The third-order valence-electron chi connectivity index (χ3n) is 3.55. The van der Waals surface area contributed by atoms with E-state index in [9.17, 15) is 5.11 Å². The zero-order valence-electron chi connectivity index (χ0n) is 13.5. The van der Waals surface area contributed by atoms with E-state index in [0.717, 1.165) is 22.5 Å². The van der Waals surface area contributed by atoms with Crippen LogP contribution in [0.25, 0.3) is 10.1 Å². The Kier molecular flexibility index (Phi) is 5.45. The van der Waals surface area contributed by atoms with Gasteiger partial charge in [-0.3, -0.25) is 5.10 Å². The number of fused-ring (bicyclic) bond motifs is 1. The Balaban J connectivity index is 1.61. The summed E-state index contributed by atoms with van der Waals surface area (Å²) >= 11 is 1.62. The van der Waals surface area contributed by atoms with Crippen molar-refractivity contribution in [2.24, 2.45) is 4.99 Å². The summed E-state index contributed by atoms with van der Waals surface area (Å²) in [6.45, 7) is 3.68. The zero-order valence-corrected chi connectivity index (χ0v) is 14.3. The van der Waals surface area contributed by atoms with Gasteiger partial charge in [0.1, 0.15) is 6.10 Å². The lowest BCUT2D eigenvalue weighted by Gasteiger charge is -2.14. The second-order valence-corrected chi connectivity index (χ2v) is 6.48. The fraction of sp³-hybridized carbons (Fsp3) is 0.294. The number of thiophene rings is 1. The number of aliphatic hydroxyl groups excluding tert-OH is 1. The van der Waals surface area contributed by atoms with Gasteiger partial charge in [-0.2, -0.15) is 5.10 Å². The van der Waals surface area contributed by atoms with Crippen molar-refractivity contribution >= 4 is 27.4 Å². The fourth-order valence-corrected chi connectivity index (χ4v) is 3.39. The van der Waals surface area contributed by atoms with Crippen LogP contribution in [0.1, 0.15) is 23.6 Å². The first-order valence-electron chi connectivity index (χ1n) is 7.93. The highest BCUT2D eigenvalue weighted by atomic mass is 32.1. The molecule has 0 aliphatic carbocycles. The van der Waals surface area contributed by atoms with Gasteiger partial charge in [-0.05, 0) is 30.5 Å². The number of benzene rings is 1. The minimum absolute atomic E-state index is 0.404. The van der Waals surface area contributed by atoms with E-state index in [-0.39, 0.29) is 0 Å². The lowest BCUT2D eigenvalue weighted by atomic mass is 10.2. The Morgan fingerprint density at radius 3 is 2.96 bits per heavy atom. The van der Waals surface area contributed by atoms with E-state index in [2.05, 4.69) is 38.0 Å². The maximum Gasteiger partial charge on any atom is 0.191 e. The molecule has 0 amide bonds. The van der Waals surface area contributed by atoms with Gasteiger partial charge < -0.3 is 15.7 Å². The quantitative estimate of drug-likeness (QED) is 0.409. The van der Waals surface area contributed by atoms with Crippen molar-refractivity contribution < 1.29 is 5.11 Å². The molecule has 1 atom stereocenters. The van der Waals surface area contributed by atoms with E-state index in [1.807, 2.05) is 31.2 Å². The number of aromatic amines is 1. The summed E-state index contributed by atoms with van der Waals surface area (Å²) in [5, 5.41) is 24.8. The van der Waals surface area contributed by atoms with Crippen LogP contribution in [0.5, 0.6) is 0 Å². The Bertz CT molecular complexity index is 763.